The van der Waals surface area contributed by atoms with Gasteiger partial charge in [-0.2, -0.15) is 0 Å². The van der Waals surface area contributed by atoms with E-state index in [1.807, 2.05) is 27.1 Å². The van der Waals surface area contributed by atoms with E-state index in [1.54, 1.807) is 11.1 Å². The van der Waals surface area contributed by atoms with E-state index < -0.39 is 0 Å². The Hall–Kier alpha value is -1.76. The van der Waals surface area contributed by atoms with E-state index in [0.717, 1.165) is 16.7 Å². The molecule has 0 aliphatic carbocycles. The first-order chi connectivity index (χ1) is 11.9. The van der Waals surface area contributed by atoms with Crippen LogP contribution in [0.4, 0.5) is 0 Å². The topological polar surface area (TPSA) is 12.0 Å². The van der Waals surface area contributed by atoms with Crippen molar-refractivity contribution in [1.82, 2.24) is 5.32 Å². The highest BCUT2D eigenvalue weighted by Crippen LogP contribution is 2.16. The summed E-state index contributed by atoms with van der Waals surface area (Å²) in [6.07, 6.45) is 9.43. The lowest BCUT2D eigenvalue weighted by atomic mass is 9.96. The fraction of sp³-hybridized carbons (Fsp3) is 0.500. The molecule has 0 spiro atoms. The molecule has 1 heteroatoms. The van der Waals surface area contributed by atoms with Gasteiger partial charge < -0.3 is 5.32 Å². The smallest absolute Gasteiger partial charge is 0.00278 e. The molecular formula is C24H39N. The molecular weight excluding hydrogens is 302 g/mol. The van der Waals surface area contributed by atoms with Crippen molar-refractivity contribution < 1.29 is 0 Å². The van der Waals surface area contributed by atoms with Crippen LogP contribution in [0.2, 0.25) is 0 Å². The van der Waals surface area contributed by atoms with Gasteiger partial charge in [-0.1, -0.05) is 70.5 Å². The molecule has 140 valence electrons. The summed E-state index contributed by atoms with van der Waals surface area (Å²) in [6.45, 7) is 18.4. The van der Waals surface area contributed by atoms with Gasteiger partial charge in [-0.3, -0.25) is 0 Å². The molecule has 0 aromatic heterocycles. The third-order valence-corrected chi connectivity index (χ3v) is 4.34. The second kappa shape index (κ2) is 13.5. The van der Waals surface area contributed by atoms with Gasteiger partial charge in [-0.25, -0.2) is 0 Å². The van der Waals surface area contributed by atoms with Gasteiger partial charge in [0, 0.05) is 7.05 Å². The summed E-state index contributed by atoms with van der Waals surface area (Å²) in [5.41, 5.74) is 7.80. The Kier molecular flexibility index (Phi) is 12.6. The number of unbranched alkanes of at least 4 members (excludes halogenated alkanes) is 1. The van der Waals surface area contributed by atoms with Crippen LogP contribution in [0.3, 0.4) is 0 Å². The number of benzene rings is 1. The number of hydrogen-bond acceptors (Lipinski definition) is 1. The Morgan fingerprint density at radius 2 is 1.68 bits per heavy atom. The molecule has 0 aliphatic rings. The average molecular weight is 342 g/mol. The standard InChI is InChI=1S/C15H24.C9H15N/c1-4-7-9-15-11-10-13(8-5-2)12-14(15)6-3;1-7(2)9(4)8(3)6-10-5/h10-12H,4-9H2,1-3H3;6,10H,1,4H2,2-3,5H3/b;8-6+. The van der Waals surface area contributed by atoms with Crippen LogP contribution in [0.1, 0.15) is 70.6 Å². The van der Waals surface area contributed by atoms with Gasteiger partial charge in [-0.05, 0) is 73.6 Å². The van der Waals surface area contributed by atoms with Crippen LogP contribution in [0, 0.1) is 0 Å². The van der Waals surface area contributed by atoms with Crippen molar-refractivity contribution in [3.8, 4) is 0 Å². The fourth-order valence-corrected chi connectivity index (χ4v) is 2.70. The average Bonchev–Trinajstić information content (AvgIpc) is 2.60. The van der Waals surface area contributed by atoms with Gasteiger partial charge in [0.25, 0.3) is 0 Å². The van der Waals surface area contributed by atoms with Crippen molar-refractivity contribution in [2.75, 3.05) is 7.05 Å². The van der Waals surface area contributed by atoms with E-state index >= 15 is 0 Å². The molecule has 1 aromatic carbocycles. The van der Waals surface area contributed by atoms with Gasteiger partial charge in [0.2, 0.25) is 0 Å². The van der Waals surface area contributed by atoms with Gasteiger partial charge >= 0.3 is 0 Å². The summed E-state index contributed by atoms with van der Waals surface area (Å²) >= 11 is 0. The zero-order valence-corrected chi connectivity index (χ0v) is 17.5. The number of allylic oxidation sites excluding steroid dienone is 3. The minimum absolute atomic E-state index is 1.01. The quantitative estimate of drug-likeness (QED) is 0.488. The van der Waals surface area contributed by atoms with Gasteiger partial charge in [0.05, 0.1) is 0 Å². The molecule has 0 atom stereocenters. The third-order valence-electron chi connectivity index (χ3n) is 4.34. The summed E-state index contributed by atoms with van der Waals surface area (Å²) in [4.78, 5) is 0. The normalized spacial score (nSPS) is 10.7. The SMILES string of the molecule is C=C(C)C(=C)/C(C)=C/NC.CCCCc1ccc(CCC)cc1CC. The first-order valence-electron chi connectivity index (χ1n) is 9.70. The minimum Gasteiger partial charge on any atom is -0.394 e. The first-order valence-corrected chi connectivity index (χ1v) is 9.70. The van der Waals surface area contributed by atoms with Crippen molar-refractivity contribution in [3.63, 3.8) is 0 Å². The molecule has 1 aromatic rings. The maximum atomic E-state index is 3.86. The highest BCUT2D eigenvalue weighted by atomic mass is 14.8. The van der Waals surface area contributed by atoms with E-state index in [4.69, 9.17) is 0 Å². The predicted octanol–water partition coefficient (Wildman–Crippen LogP) is 6.79. The maximum absolute atomic E-state index is 3.86. The van der Waals surface area contributed by atoms with E-state index in [-0.39, 0.29) is 0 Å². The molecule has 0 aliphatic heterocycles. The predicted molar refractivity (Wildman–Crippen MR) is 115 cm³/mol. The third kappa shape index (κ3) is 9.34. The lowest BCUT2D eigenvalue weighted by Gasteiger charge is -2.09. The second-order valence-corrected chi connectivity index (χ2v) is 6.69. The Morgan fingerprint density at radius 1 is 1.00 bits per heavy atom. The number of aryl methyl sites for hydroxylation is 3. The Bertz CT molecular complexity index is 563. The maximum Gasteiger partial charge on any atom is 0.00278 e. The number of hydrogen-bond donors (Lipinski definition) is 1. The van der Waals surface area contributed by atoms with Crippen LogP contribution >= 0.6 is 0 Å². The van der Waals surface area contributed by atoms with Crippen LogP contribution in [0.5, 0.6) is 0 Å². The molecule has 0 saturated heterocycles. The summed E-state index contributed by atoms with van der Waals surface area (Å²) in [7, 11) is 1.87. The van der Waals surface area contributed by atoms with E-state index in [9.17, 15) is 0 Å². The molecule has 0 bridgehead atoms. The van der Waals surface area contributed by atoms with Crippen LogP contribution < -0.4 is 5.32 Å². The molecule has 0 heterocycles. The van der Waals surface area contributed by atoms with E-state index in [1.165, 1.54) is 44.1 Å². The van der Waals surface area contributed by atoms with Crippen LogP contribution in [0.15, 0.2) is 54.3 Å². The van der Waals surface area contributed by atoms with Gasteiger partial charge in [0.1, 0.15) is 0 Å². The van der Waals surface area contributed by atoms with Crippen molar-refractivity contribution in [1.29, 1.82) is 0 Å². The Labute approximate surface area is 156 Å². The van der Waals surface area contributed by atoms with Crippen molar-refractivity contribution in [2.45, 2.75) is 73.1 Å². The summed E-state index contributed by atoms with van der Waals surface area (Å²) in [6, 6.07) is 7.07. The summed E-state index contributed by atoms with van der Waals surface area (Å²) in [5.74, 6) is 0. The van der Waals surface area contributed by atoms with Crippen molar-refractivity contribution in [3.05, 3.63) is 71.0 Å². The highest BCUT2D eigenvalue weighted by molar-refractivity contribution is 5.40. The second-order valence-electron chi connectivity index (χ2n) is 6.69. The molecule has 0 saturated carbocycles. The van der Waals surface area contributed by atoms with Gasteiger partial charge in [0.15, 0.2) is 0 Å². The molecule has 0 unspecified atom stereocenters. The fourth-order valence-electron chi connectivity index (χ4n) is 2.70. The van der Waals surface area contributed by atoms with Gasteiger partial charge in [-0.15, -0.1) is 0 Å². The monoisotopic (exact) mass is 341 g/mol. The van der Waals surface area contributed by atoms with E-state index in [0.29, 0.717) is 0 Å². The van der Waals surface area contributed by atoms with Crippen molar-refractivity contribution >= 4 is 0 Å². The highest BCUT2D eigenvalue weighted by Gasteiger charge is 2.01. The molecule has 1 nitrogen and oxygen atoms in total. The molecule has 1 rings (SSSR count). The molecule has 0 amide bonds. The first kappa shape index (κ1) is 23.2. The van der Waals surface area contributed by atoms with Crippen LogP contribution in [0.25, 0.3) is 0 Å². The Balaban J connectivity index is 0.000000504. The zero-order chi connectivity index (χ0) is 19.2. The summed E-state index contributed by atoms with van der Waals surface area (Å²) < 4.78 is 0. The largest absolute Gasteiger partial charge is 0.394 e. The summed E-state index contributed by atoms with van der Waals surface area (Å²) in [5, 5.41) is 2.94. The molecule has 1 N–H and O–H groups in total. The Morgan fingerprint density at radius 3 is 2.16 bits per heavy atom. The zero-order valence-electron chi connectivity index (χ0n) is 17.5. The molecule has 25 heavy (non-hydrogen) atoms. The van der Waals surface area contributed by atoms with Crippen molar-refractivity contribution in [2.24, 2.45) is 0 Å². The number of nitrogens with one attached hydrogen (secondary N) is 1. The minimum atomic E-state index is 1.01. The van der Waals surface area contributed by atoms with Crippen LogP contribution in [-0.4, -0.2) is 7.05 Å². The lowest BCUT2D eigenvalue weighted by molar-refractivity contribution is 0.785. The number of rotatable bonds is 9. The van der Waals surface area contributed by atoms with E-state index in [2.05, 4.69) is 57.4 Å². The lowest BCUT2D eigenvalue weighted by Crippen LogP contribution is -1.96. The van der Waals surface area contributed by atoms with Crippen LogP contribution in [-0.2, 0) is 19.3 Å². The molecule has 0 fully saturated rings. The molecule has 0 radical (unpaired) electrons.